The van der Waals surface area contributed by atoms with Crippen LogP contribution < -0.4 is 5.32 Å². The lowest BCUT2D eigenvalue weighted by Gasteiger charge is -2.02. The Hall–Kier alpha value is -1.45. The molecule has 64 valence electrons. The van der Waals surface area contributed by atoms with Crippen molar-refractivity contribution in [1.82, 2.24) is 9.97 Å². The van der Waals surface area contributed by atoms with Crippen molar-refractivity contribution in [2.45, 2.75) is 6.42 Å². The van der Waals surface area contributed by atoms with E-state index in [2.05, 4.69) is 21.9 Å². The Kier molecular flexibility index (Phi) is 3.19. The van der Waals surface area contributed by atoms with Gasteiger partial charge in [-0.2, -0.15) is 4.39 Å². The first-order valence-corrected chi connectivity index (χ1v) is 3.66. The molecule has 0 unspecified atom stereocenters. The second kappa shape index (κ2) is 4.43. The SMILES string of the molecule is C=CCCNc1nccnc1F. The molecule has 0 aliphatic carbocycles. The number of anilines is 1. The van der Waals surface area contributed by atoms with Crippen LogP contribution in [0.2, 0.25) is 0 Å². The molecule has 0 radical (unpaired) electrons. The summed E-state index contributed by atoms with van der Waals surface area (Å²) in [5, 5.41) is 2.79. The van der Waals surface area contributed by atoms with Gasteiger partial charge in [-0.15, -0.1) is 6.58 Å². The fraction of sp³-hybridized carbons (Fsp3) is 0.250. The summed E-state index contributed by atoms with van der Waals surface area (Å²) in [4.78, 5) is 7.21. The van der Waals surface area contributed by atoms with Crippen molar-refractivity contribution < 1.29 is 4.39 Å². The van der Waals surface area contributed by atoms with Crippen molar-refractivity contribution in [3.05, 3.63) is 31.0 Å². The van der Waals surface area contributed by atoms with Gasteiger partial charge in [-0.05, 0) is 6.42 Å². The Morgan fingerprint density at radius 3 is 2.92 bits per heavy atom. The van der Waals surface area contributed by atoms with Gasteiger partial charge in [0.25, 0.3) is 5.95 Å². The van der Waals surface area contributed by atoms with E-state index in [1.165, 1.54) is 12.4 Å². The molecule has 0 amide bonds. The first-order valence-electron chi connectivity index (χ1n) is 3.66. The van der Waals surface area contributed by atoms with E-state index in [0.717, 1.165) is 6.42 Å². The van der Waals surface area contributed by atoms with Crippen molar-refractivity contribution >= 4 is 5.82 Å². The molecule has 0 atom stereocenters. The quantitative estimate of drug-likeness (QED) is 0.546. The van der Waals surface area contributed by atoms with Crippen LogP contribution in [0.15, 0.2) is 25.0 Å². The molecule has 1 aromatic rings. The fourth-order valence-electron chi connectivity index (χ4n) is 0.732. The van der Waals surface area contributed by atoms with Gasteiger partial charge < -0.3 is 5.32 Å². The lowest BCUT2D eigenvalue weighted by molar-refractivity contribution is 0.580. The molecule has 12 heavy (non-hydrogen) atoms. The van der Waals surface area contributed by atoms with E-state index in [1.54, 1.807) is 6.08 Å². The van der Waals surface area contributed by atoms with Gasteiger partial charge in [-0.25, -0.2) is 9.97 Å². The van der Waals surface area contributed by atoms with Crippen LogP contribution in [0.5, 0.6) is 0 Å². The molecule has 1 heterocycles. The fourth-order valence-corrected chi connectivity index (χ4v) is 0.732. The van der Waals surface area contributed by atoms with E-state index in [-0.39, 0.29) is 5.82 Å². The number of halogens is 1. The van der Waals surface area contributed by atoms with Crippen LogP contribution >= 0.6 is 0 Å². The molecular formula is C8H10FN3. The van der Waals surface area contributed by atoms with E-state index in [4.69, 9.17) is 0 Å². The highest BCUT2D eigenvalue weighted by Gasteiger charge is 2.00. The molecule has 0 fully saturated rings. The Balaban J connectivity index is 2.51. The second-order valence-corrected chi connectivity index (χ2v) is 2.20. The molecular weight excluding hydrogens is 157 g/mol. The minimum Gasteiger partial charge on any atom is -0.366 e. The molecule has 0 aromatic carbocycles. The summed E-state index contributed by atoms with van der Waals surface area (Å²) in [5.74, 6) is -0.374. The van der Waals surface area contributed by atoms with Gasteiger partial charge in [0.1, 0.15) is 0 Å². The number of nitrogens with one attached hydrogen (secondary N) is 1. The first kappa shape index (κ1) is 8.64. The largest absolute Gasteiger partial charge is 0.366 e. The third kappa shape index (κ3) is 2.30. The zero-order valence-corrected chi connectivity index (χ0v) is 6.63. The highest BCUT2D eigenvalue weighted by Crippen LogP contribution is 2.04. The summed E-state index contributed by atoms with van der Waals surface area (Å²) in [5.41, 5.74) is 0. The molecule has 0 saturated heterocycles. The summed E-state index contributed by atoms with van der Waals surface area (Å²) in [6.45, 7) is 4.17. The topological polar surface area (TPSA) is 37.8 Å². The van der Waals surface area contributed by atoms with Crippen molar-refractivity contribution in [2.24, 2.45) is 0 Å². The third-order valence-corrected chi connectivity index (χ3v) is 1.29. The number of nitrogens with zero attached hydrogens (tertiary/aromatic N) is 2. The molecule has 0 aliphatic heterocycles. The molecule has 0 saturated carbocycles. The molecule has 4 heteroatoms. The maximum Gasteiger partial charge on any atom is 0.255 e. The molecule has 0 aliphatic rings. The summed E-state index contributed by atoms with van der Waals surface area (Å²) in [6.07, 6.45) is 5.28. The van der Waals surface area contributed by atoms with E-state index in [9.17, 15) is 4.39 Å². The second-order valence-electron chi connectivity index (χ2n) is 2.20. The predicted molar refractivity (Wildman–Crippen MR) is 45.3 cm³/mol. The average Bonchev–Trinajstić information content (AvgIpc) is 2.09. The van der Waals surface area contributed by atoms with Gasteiger partial charge in [-0.1, -0.05) is 6.08 Å². The first-order chi connectivity index (χ1) is 5.84. The summed E-state index contributed by atoms with van der Waals surface area (Å²) < 4.78 is 12.8. The molecule has 0 bridgehead atoms. The van der Waals surface area contributed by atoms with Gasteiger partial charge in [0, 0.05) is 18.9 Å². The smallest absolute Gasteiger partial charge is 0.255 e. The average molecular weight is 167 g/mol. The van der Waals surface area contributed by atoms with Gasteiger partial charge in [0.05, 0.1) is 0 Å². The van der Waals surface area contributed by atoms with Crippen LogP contribution in [-0.2, 0) is 0 Å². The van der Waals surface area contributed by atoms with E-state index >= 15 is 0 Å². The zero-order chi connectivity index (χ0) is 8.81. The number of hydrogen-bond acceptors (Lipinski definition) is 3. The predicted octanol–water partition coefficient (Wildman–Crippen LogP) is 1.60. The highest BCUT2D eigenvalue weighted by molar-refractivity contribution is 5.31. The summed E-state index contributed by atoms with van der Waals surface area (Å²) in [7, 11) is 0. The standard InChI is InChI=1S/C8H10FN3/c1-2-3-4-11-8-7(9)10-5-6-12-8/h2,5-6H,1,3-4H2,(H,11,12). The van der Waals surface area contributed by atoms with Crippen molar-refractivity contribution in [1.29, 1.82) is 0 Å². The molecule has 1 rings (SSSR count). The lowest BCUT2D eigenvalue weighted by atomic mass is 10.4. The minimum atomic E-state index is -0.568. The maximum absolute atomic E-state index is 12.8. The Morgan fingerprint density at radius 1 is 1.50 bits per heavy atom. The minimum absolute atomic E-state index is 0.194. The van der Waals surface area contributed by atoms with Crippen LogP contribution in [0.4, 0.5) is 10.2 Å². The number of aromatic nitrogens is 2. The highest BCUT2D eigenvalue weighted by atomic mass is 19.1. The van der Waals surface area contributed by atoms with E-state index in [1.807, 2.05) is 0 Å². The van der Waals surface area contributed by atoms with Crippen molar-refractivity contribution in [3.63, 3.8) is 0 Å². The van der Waals surface area contributed by atoms with Crippen molar-refractivity contribution in [3.8, 4) is 0 Å². The zero-order valence-electron chi connectivity index (χ0n) is 6.63. The van der Waals surface area contributed by atoms with Gasteiger partial charge in [0.2, 0.25) is 0 Å². The molecule has 1 N–H and O–H groups in total. The third-order valence-electron chi connectivity index (χ3n) is 1.29. The Bertz CT molecular complexity index is 262. The maximum atomic E-state index is 12.8. The molecule has 0 spiro atoms. The van der Waals surface area contributed by atoms with Crippen LogP contribution in [-0.4, -0.2) is 16.5 Å². The van der Waals surface area contributed by atoms with Crippen LogP contribution in [0.1, 0.15) is 6.42 Å². The normalized spacial score (nSPS) is 9.42. The van der Waals surface area contributed by atoms with Gasteiger partial charge in [0.15, 0.2) is 5.82 Å². The monoisotopic (exact) mass is 167 g/mol. The van der Waals surface area contributed by atoms with Crippen LogP contribution in [0, 0.1) is 5.95 Å². The molecule has 1 aromatic heterocycles. The van der Waals surface area contributed by atoms with Gasteiger partial charge in [-0.3, -0.25) is 0 Å². The molecule has 3 nitrogen and oxygen atoms in total. The van der Waals surface area contributed by atoms with Crippen molar-refractivity contribution in [2.75, 3.05) is 11.9 Å². The summed E-state index contributed by atoms with van der Waals surface area (Å²) in [6, 6.07) is 0. The number of hydrogen-bond donors (Lipinski definition) is 1. The Morgan fingerprint density at radius 2 is 2.25 bits per heavy atom. The van der Waals surface area contributed by atoms with Gasteiger partial charge >= 0.3 is 0 Å². The van der Waals surface area contributed by atoms with E-state index in [0.29, 0.717) is 6.54 Å². The van der Waals surface area contributed by atoms with E-state index < -0.39 is 5.95 Å². The van der Waals surface area contributed by atoms with Crippen LogP contribution in [0.25, 0.3) is 0 Å². The van der Waals surface area contributed by atoms with Crippen LogP contribution in [0.3, 0.4) is 0 Å². The Labute approximate surface area is 70.4 Å². The lowest BCUT2D eigenvalue weighted by Crippen LogP contribution is -2.05. The summed E-state index contributed by atoms with van der Waals surface area (Å²) >= 11 is 0. The number of rotatable bonds is 4.